The van der Waals surface area contributed by atoms with Crippen LogP contribution in [0, 0.1) is 6.57 Å². The van der Waals surface area contributed by atoms with Crippen LogP contribution in [0.5, 0.6) is 5.75 Å². The summed E-state index contributed by atoms with van der Waals surface area (Å²) in [4.78, 5) is 8.07. The number of benzene rings is 2. The van der Waals surface area contributed by atoms with Gasteiger partial charge in [0.05, 0.1) is 25.0 Å². The predicted molar refractivity (Wildman–Crippen MR) is 122 cm³/mol. The molecule has 2 N–H and O–H groups in total. The number of rotatable bonds is 8. The van der Waals surface area contributed by atoms with E-state index in [1.165, 1.54) is 0 Å². The maximum atomic E-state index is 12.1. The standard InChI is InChI=1S/C23H24N4O5S/c1-14(2)31-21-10-7-15(13-20(21)24-3)23-25-22(26-32-23)18-6-4-5-17-16(18)8-9-19(17)27-33(29,30)12-11-28/h4-7,10,13-14,19,27-28H,8-9,11-12H2,1-2H3/t19-/m0/s1. The van der Waals surface area contributed by atoms with E-state index in [2.05, 4.69) is 19.7 Å². The average Bonchev–Trinajstić information content (AvgIpc) is 3.41. The molecular weight excluding hydrogens is 444 g/mol. The minimum absolute atomic E-state index is 0.0523. The van der Waals surface area contributed by atoms with Crippen molar-refractivity contribution in [1.82, 2.24) is 14.9 Å². The first-order valence-electron chi connectivity index (χ1n) is 10.6. The molecule has 1 atom stereocenters. The molecule has 10 heteroatoms. The molecule has 0 bridgehead atoms. The van der Waals surface area contributed by atoms with Crippen molar-refractivity contribution < 1.29 is 22.8 Å². The first kappa shape index (κ1) is 22.9. The molecule has 0 fully saturated rings. The topological polar surface area (TPSA) is 119 Å². The Labute approximate surface area is 192 Å². The maximum Gasteiger partial charge on any atom is 0.256 e. The van der Waals surface area contributed by atoms with E-state index in [0.29, 0.717) is 35.7 Å². The molecule has 9 nitrogen and oxygen atoms in total. The fourth-order valence-electron chi connectivity index (χ4n) is 3.92. The van der Waals surface area contributed by atoms with E-state index < -0.39 is 16.6 Å². The number of aromatic nitrogens is 2. The Morgan fingerprint density at radius 2 is 2.15 bits per heavy atom. The molecule has 3 aromatic rings. The Morgan fingerprint density at radius 3 is 2.88 bits per heavy atom. The molecule has 0 spiro atoms. The van der Waals surface area contributed by atoms with E-state index >= 15 is 0 Å². The maximum absolute atomic E-state index is 12.1. The highest BCUT2D eigenvalue weighted by molar-refractivity contribution is 7.89. The third-order valence-electron chi connectivity index (χ3n) is 5.31. The molecule has 1 aromatic heterocycles. The summed E-state index contributed by atoms with van der Waals surface area (Å²) in [6.07, 6.45) is 1.21. The Balaban J connectivity index is 1.63. The van der Waals surface area contributed by atoms with E-state index in [1.807, 2.05) is 32.0 Å². The van der Waals surface area contributed by atoms with Crippen molar-refractivity contribution in [1.29, 1.82) is 0 Å². The lowest BCUT2D eigenvalue weighted by Crippen LogP contribution is -2.30. The molecule has 0 radical (unpaired) electrons. The zero-order chi connectivity index (χ0) is 23.6. The SMILES string of the molecule is [C-]#[N+]c1cc(-c2nc(-c3cccc4c3CC[C@@H]4NS(=O)(=O)CCO)no2)ccc1OC(C)C. The van der Waals surface area contributed by atoms with Crippen LogP contribution in [0.1, 0.15) is 37.4 Å². The molecule has 172 valence electrons. The molecule has 0 saturated carbocycles. The number of aliphatic hydroxyl groups is 1. The van der Waals surface area contributed by atoms with Gasteiger partial charge in [-0.05, 0) is 56.0 Å². The van der Waals surface area contributed by atoms with Gasteiger partial charge in [-0.3, -0.25) is 0 Å². The van der Waals surface area contributed by atoms with Gasteiger partial charge in [0.25, 0.3) is 5.89 Å². The molecule has 4 rings (SSSR count). The average molecular weight is 469 g/mol. The number of hydrogen-bond donors (Lipinski definition) is 2. The van der Waals surface area contributed by atoms with Crippen LogP contribution in [0.15, 0.2) is 40.9 Å². The number of nitrogens with one attached hydrogen (secondary N) is 1. The Bertz CT molecular complexity index is 1310. The summed E-state index contributed by atoms with van der Waals surface area (Å²) in [6.45, 7) is 10.8. The van der Waals surface area contributed by atoms with E-state index in [9.17, 15) is 8.42 Å². The molecular formula is C23H24N4O5S. The van der Waals surface area contributed by atoms with Crippen LogP contribution < -0.4 is 9.46 Å². The van der Waals surface area contributed by atoms with Gasteiger partial charge in [-0.15, -0.1) is 0 Å². The van der Waals surface area contributed by atoms with Crippen LogP contribution in [-0.4, -0.2) is 42.1 Å². The van der Waals surface area contributed by atoms with E-state index in [4.69, 9.17) is 20.9 Å². The molecule has 2 aromatic carbocycles. The van der Waals surface area contributed by atoms with Crippen LogP contribution in [0.25, 0.3) is 27.7 Å². The van der Waals surface area contributed by atoms with Crippen molar-refractivity contribution in [2.24, 2.45) is 0 Å². The largest absolute Gasteiger partial charge is 0.502 e. The van der Waals surface area contributed by atoms with Gasteiger partial charge in [0.2, 0.25) is 21.5 Å². The Morgan fingerprint density at radius 1 is 1.33 bits per heavy atom. The Hall–Kier alpha value is -3.26. The molecule has 33 heavy (non-hydrogen) atoms. The highest BCUT2D eigenvalue weighted by Crippen LogP contribution is 2.38. The van der Waals surface area contributed by atoms with Gasteiger partial charge >= 0.3 is 0 Å². The van der Waals surface area contributed by atoms with Crippen molar-refractivity contribution in [2.45, 2.75) is 38.8 Å². The second kappa shape index (κ2) is 9.31. The molecule has 0 unspecified atom stereocenters. The number of sulfonamides is 1. The van der Waals surface area contributed by atoms with Crippen LogP contribution in [0.3, 0.4) is 0 Å². The van der Waals surface area contributed by atoms with Gasteiger partial charge in [-0.2, -0.15) is 4.98 Å². The summed E-state index contributed by atoms with van der Waals surface area (Å²) in [5, 5.41) is 13.1. The summed E-state index contributed by atoms with van der Waals surface area (Å²) in [6, 6.07) is 10.4. The fourth-order valence-corrected chi connectivity index (χ4v) is 4.96. The predicted octanol–water partition coefficient (Wildman–Crippen LogP) is 3.64. The number of ether oxygens (including phenoxy) is 1. The lowest BCUT2D eigenvalue weighted by atomic mass is 10.0. The van der Waals surface area contributed by atoms with Gasteiger partial charge < -0.3 is 14.4 Å². The second-order valence-corrected chi connectivity index (χ2v) is 9.88. The summed E-state index contributed by atoms with van der Waals surface area (Å²) in [5.74, 6) is 0.841. The zero-order valence-corrected chi connectivity index (χ0v) is 19.1. The van der Waals surface area contributed by atoms with Crippen LogP contribution in [0.4, 0.5) is 5.69 Å². The summed E-state index contributed by atoms with van der Waals surface area (Å²) >= 11 is 0. The number of fused-ring (bicyclic) bond motifs is 1. The molecule has 0 amide bonds. The number of hydrogen-bond acceptors (Lipinski definition) is 7. The van der Waals surface area contributed by atoms with Gasteiger partial charge in [-0.1, -0.05) is 23.4 Å². The summed E-state index contributed by atoms with van der Waals surface area (Å²) in [5.41, 5.74) is 3.57. The Kier molecular flexibility index (Phi) is 6.47. The molecule has 1 aliphatic rings. The first-order valence-corrected chi connectivity index (χ1v) is 12.2. The third-order valence-corrected chi connectivity index (χ3v) is 6.67. The lowest BCUT2D eigenvalue weighted by molar-refractivity contribution is 0.244. The number of aliphatic hydroxyl groups excluding tert-OH is 1. The first-order chi connectivity index (χ1) is 15.8. The minimum atomic E-state index is -3.57. The van der Waals surface area contributed by atoms with E-state index in [1.54, 1.807) is 18.2 Å². The highest BCUT2D eigenvalue weighted by atomic mass is 32.2. The van der Waals surface area contributed by atoms with Crippen molar-refractivity contribution in [3.05, 3.63) is 58.9 Å². The molecule has 0 aliphatic heterocycles. The fraction of sp³-hybridized carbons (Fsp3) is 0.348. The molecule has 0 saturated heterocycles. The van der Waals surface area contributed by atoms with Crippen molar-refractivity contribution in [2.75, 3.05) is 12.4 Å². The smallest absolute Gasteiger partial charge is 0.256 e. The minimum Gasteiger partial charge on any atom is -0.502 e. The van der Waals surface area contributed by atoms with Crippen LogP contribution in [0.2, 0.25) is 0 Å². The van der Waals surface area contributed by atoms with E-state index in [0.717, 1.165) is 16.7 Å². The van der Waals surface area contributed by atoms with Crippen molar-refractivity contribution >= 4 is 15.7 Å². The molecule has 1 aliphatic carbocycles. The monoisotopic (exact) mass is 468 g/mol. The summed E-state index contributed by atoms with van der Waals surface area (Å²) < 4.78 is 38.0. The van der Waals surface area contributed by atoms with Crippen LogP contribution in [-0.2, 0) is 16.4 Å². The van der Waals surface area contributed by atoms with Crippen molar-refractivity contribution in [3.8, 4) is 28.6 Å². The van der Waals surface area contributed by atoms with Gasteiger partial charge in [0.1, 0.15) is 5.75 Å². The lowest BCUT2D eigenvalue weighted by Gasteiger charge is -2.14. The number of nitrogens with zero attached hydrogens (tertiary/aromatic N) is 3. The second-order valence-electron chi connectivity index (χ2n) is 8.01. The van der Waals surface area contributed by atoms with Crippen molar-refractivity contribution in [3.63, 3.8) is 0 Å². The molecule has 1 heterocycles. The normalized spacial score (nSPS) is 15.4. The van der Waals surface area contributed by atoms with E-state index in [-0.39, 0.29) is 23.8 Å². The van der Waals surface area contributed by atoms with Gasteiger partial charge in [0.15, 0.2) is 0 Å². The van der Waals surface area contributed by atoms with Gasteiger partial charge in [0, 0.05) is 17.2 Å². The third kappa shape index (κ3) is 4.90. The quantitative estimate of drug-likeness (QED) is 0.485. The highest BCUT2D eigenvalue weighted by Gasteiger charge is 2.29. The summed E-state index contributed by atoms with van der Waals surface area (Å²) in [7, 11) is -3.57. The van der Waals surface area contributed by atoms with Gasteiger partial charge in [-0.25, -0.2) is 18.0 Å². The zero-order valence-electron chi connectivity index (χ0n) is 18.3. The van der Waals surface area contributed by atoms with Crippen LogP contribution >= 0.6 is 0 Å².